The van der Waals surface area contributed by atoms with Crippen LogP contribution in [0.5, 0.6) is 0 Å². The molecular formula is C16H24ClN3OS. The van der Waals surface area contributed by atoms with Gasteiger partial charge in [-0.1, -0.05) is 34.6 Å². The van der Waals surface area contributed by atoms with E-state index in [0.717, 1.165) is 20.9 Å². The Hall–Kier alpha value is -1.17. The van der Waals surface area contributed by atoms with Crippen LogP contribution < -0.4 is 11.1 Å². The zero-order chi connectivity index (χ0) is 15.8. The Morgan fingerprint density at radius 2 is 1.95 bits per heavy atom. The topological polar surface area (TPSA) is 68.0 Å². The summed E-state index contributed by atoms with van der Waals surface area (Å²) in [6.45, 7) is 10.1. The maximum atomic E-state index is 12.2. The standard InChI is InChI=1S/C16H23N3OS.ClH/c1-9(2)15-19-11-7-6-10(8-12(11)21-15)18-14(20)13(17)16(3,4)5;/h6-9,13H,17H2,1-5H3,(H,18,20);1H/t13-;/m1./s1. The van der Waals surface area contributed by atoms with Gasteiger partial charge in [-0.2, -0.15) is 0 Å². The monoisotopic (exact) mass is 341 g/mol. The second-order valence-corrected chi connectivity index (χ2v) is 7.78. The molecule has 2 rings (SSSR count). The maximum Gasteiger partial charge on any atom is 0.241 e. The first-order chi connectivity index (χ1) is 9.68. The molecule has 1 aromatic heterocycles. The molecule has 0 aliphatic rings. The molecule has 3 N–H and O–H groups in total. The molecule has 0 aliphatic carbocycles. The van der Waals surface area contributed by atoms with Gasteiger partial charge in [-0.15, -0.1) is 23.7 Å². The second kappa shape index (κ2) is 6.94. The lowest BCUT2D eigenvalue weighted by molar-refractivity contribution is -0.119. The van der Waals surface area contributed by atoms with Crippen LogP contribution in [-0.2, 0) is 4.79 Å². The smallest absolute Gasteiger partial charge is 0.241 e. The molecule has 0 unspecified atom stereocenters. The number of nitrogens with two attached hydrogens (primary N) is 1. The summed E-state index contributed by atoms with van der Waals surface area (Å²) in [7, 11) is 0. The highest BCUT2D eigenvalue weighted by Crippen LogP contribution is 2.29. The predicted octanol–water partition coefficient (Wildman–Crippen LogP) is 4.15. The van der Waals surface area contributed by atoms with E-state index in [0.29, 0.717) is 5.92 Å². The van der Waals surface area contributed by atoms with Crippen LogP contribution in [0.15, 0.2) is 18.2 Å². The van der Waals surface area contributed by atoms with E-state index in [4.69, 9.17) is 5.73 Å². The Labute approximate surface area is 141 Å². The Kier molecular flexibility index (Phi) is 5.96. The van der Waals surface area contributed by atoms with Gasteiger partial charge in [-0.05, 0) is 23.6 Å². The summed E-state index contributed by atoms with van der Waals surface area (Å²) < 4.78 is 1.08. The average molecular weight is 342 g/mol. The number of hydrogen-bond acceptors (Lipinski definition) is 4. The minimum Gasteiger partial charge on any atom is -0.325 e. The van der Waals surface area contributed by atoms with Gasteiger partial charge < -0.3 is 11.1 Å². The third kappa shape index (κ3) is 4.18. The SMILES string of the molecule is CC(C)c1nc2ccc(NC(=O)[C@@H](N)C(C)(C)C)cc2s1.Cl. The first-order valence-corrected chi connectivity index (χ1v) is 7.97. The molecule has 22 heavy (non-hydrogen) atoms. The van der Waals surface area contributed by atoms with Crippen molar-refractivity contribution in [1.29, 1.82) is 0 Å². The third-order valence-corrected chi connectivity index (χ3v) is 4.70. The molecule has 0 aliphatic heterocycles. The maximum absolute atomic E-state index is 12.2. The number of carbonyl (C=O) groups is 1. The molecule has 1 aromatic carbocycles. The molecule has 122 valence electrons. The van der Waals surface area contributed by atoms with E-state index >= 15 is 0 Å². The van der Waals surface area contributed by atoms with Crippen molar-refractivity contribution in [3.05, 3.63) is 23.2 Å². The van der Waals surface area contributed by atoms with Gasteiger partial charge in [-0.25, -0.2) is 4.98 Å². The van der Waals surface area contributed by atoms with Crippen molar-refractivity contribution in [2.24, 2.45) is 11.1 Å². The van der Waals surface area contributed by atoms with E-state index in [1.165, 1.54) is 0 Å². The molecule has 0 bridgehead atoms. The number of amides is 1. The molecule has 2 aromatic rings. The van der Waals surface area contributed by atoms with Crippen molar-refractivity contribution < 1.29 is 4.79 Å². The van der Waals surface area contributed by atoms with Crippen LogP contribution in [0.2, 0.25) is 0 Å². The van der Waals surface area contributed by atoms with Gasteiger partial charge in [0.05, 0.1) is 21.3 Å². The van der Waals surface area contributed by atoms with Crippen molar-refractivity contribution in [3.63, 3.8) is 0 Å². The van der Waals surface area contributed by atoms with Gasteiger partial charge in [0.2, 0.25) is 5.91 Å². The molecule has 1 atom stereocenters. The van der Waals surface area contributed by atoms with Gasteiger partial charge in [-0.3, -0.25) is 4.79 Å². The first kappa shape index (κ1) is 18.9. The average Bonchev–Trinajstić information content (AvgIpc) is 2.79. The number of aromatic nitrogens is 1. The van der Waals surface area contributed by atoms with Crippen LogP contribution in [0.4, 0.5) is 5.69 Å². The summed E-state index contributed by atoms with van der Waals surface area (Å²) in [5, 5.41) is 4.00. The molecule has 1 heterocycles. The number of halogens is 1. The van der Waals surface area contributed by atoms with Gasteiger partial charge in [0, 0.05) is 11.6 Å². The fourth-order valence-electron chi connectivity index (χ4n) is 1.88. The molecule has 0 spiro atoms. The zero-order valence-electron chi connectivity index (χ0n) is 13.6. The largest absolute Gasteiger partial charge is 0.325 e. The number of rotatable bonds is 3. The lowest BCUT2D eigenvalue weighted by Crippen LogP contribution is -2.45. The number of carbonyl (C=O) groups excluding carboxylic acids is 1. The highest BCUT2D eigenvalue weighted by molar-refractivity contribution is 7.18. The van der Waals surface area contributed by atoms with Gasteiger partial charge in [0.1, 0.15) is 0 Å². The number of benzene rings is 1. The Bertz CT molecular complexity index is 661. The van der Waals surface area contributed by atoms with Gasteiger partial charge >= 0.3 is 0 Å². The highest BCUT2D eigenvalue weighted by atomic mass is 35.5. The van der Waals surface area contributed by atoms with Crippen LogP contribution in [-0.4, -0.2) is 16.9 Å². The lowest BCUT2D eigenvalue weighted by atomic mass is 9.87. The van der Waals surface area contributed by atoms with Crippen molar-refractivity contribution in [1.82, 2.24) is 4.98 Å². The van der Waals surface area contributed by atoms with Crippen molar-refractivity contribution in [2.45, 2.75) is 46.6 Å². The highest BCUT2D eigenvalue weighted by Gasteiger charge is 2.27. The van der Waals surface area contributed by atoms with Crippen LogP contribution in [0.3, 0.4) is 0 Å². The quantitative estimate of drug-likeness (QED) is 0.881. The molecule has 6 heteroatoms. The van der Waals surface area contributed by atoms with Gasteiger partial charge in [0.15, 0.2) is 0 Å². The minimum absolute atomic E-state index is 0. The van der Waals surface area contributed by atoms with Crippen LogP contribution >= 0.6 is 23.7 Å². The number of thiazole rings is 1. The molecule has 0 radical (unpaired) electrons. The summed E-state index contributed by atoms with van der Waals surface area (Å²) in [6, 6.07) is 5.24. The zero-order valence-corrected chi connectivity index (χ0v) is 15.3. The summed E-state index contributed by atoms with van der Waals surface area (Å²) >= 11 is 1.67. The predicted molar refractivity (Wildman–Crippen MR) is 97.0 cm³/mol. The van der Waals surface area contributed by atoms with E-state index in [9.17, 15) is 4.79 Å². The molecule has 0 fully saturated rings. The summed E-state index contributed by atoms with van der Waals surface area (Å²) in [4.78, 5) is 16.7. The summed E-state index contributed by atoms with van der Waals surface area (Å²) in [5.41, 5.74) is 7.46. The van der Waals surface area contributed by atoms with Crippen LogP contribution in [0.25, 0.3) is 10.2 Å². The van der Waals surface area contributed by atoms with E-state index in [1.807, 2.05) is 39.0 Å². The molecule has 1 amide bonds. The van der Waals surface area contributed by atoms with Crippen molar-refractivity contribution >= 4 is 45.6 Å². The Balaban J connectivity index is 0.00000242. The minimum atomic E-state index is -0.541. The normalized spacial score (nSPS) is 13.0. The van der Waals surface area contributed by atoms with Gasteiger partial charge in [0.25, 0.3) is 0 Å². The number of anilines is 1. The fourth-order valence-corrected chi connectivity index (χ4v) is 2.89. The van der Waals surface area contributed by atoms with E-state index in [2.05, 4.69) is 24.1 Å². The second-order valence-electron chi connectivity index (χ2n) is 6.72. The summed E-state index contributed by atoms with van der Waals surface area (Å²) in [6.07, 6.45) is 0. The van der Waals surface area contributed by atoms with Crippen LogP contribution in [0, 0.1) is 5.41 Å². The van der Waals surface area contributed by atoms with E-state index in [-0.39, 0.29) is 23.7 Å². The molecular weight excluding hydrogens is 318 g/mol. The first-order valence-electron chi connectivity index (χ1n) is 7.15. The summed E-state index contributed by atoms with van der Waals surface area (Å²) in [5.74, 6) is 0.255. The van der Waals surface area contributed by atoms with Crippen molar-refractivity contribution in [2.75, 3.05) is 5.32 Å². The molecule has 0 saturated heterocycles. The number of hydrogen-bond donors (Lipinski definition) is 2. The number of nitrogens with zero attached hydrogens (tertiary/aromatic N) is 1. The molecule has 0 saturated carbocycles. The Morgan fingerprint density at radius 1 is 1.32 bits per heavy atom. The Morgan fingerprint density at radius 3 is 2.50 bits per heavy atom. The van der Waals surface area contributed by atoms with E-state index < -0.39 is 6.04 Å². The van der Waals surface area contributed by atoms with E-state index in [1.54, 1.807) is 11.3 Å². The number of fused-ring (bicyclic) bond motifs is 1. The van der Waals surface area contributed by atoms with Crippen LogP contribution in [0.1, 0.15) is 45.5 Å². The third-order valence-electron chi connectivity index (χ3n) is 3.38. The lowest BCUT2D eigenvalue weighted by Gasteiger charge is -2.25. The van der Waals surface area contributed by atoms with Crippen molar-refractivity contribution in [3.8, 4) is 0 Å². The number of nitrogens with one attached hydrogen (secondary N) is 1. The fraction of sp³-hybridized carbons (Fsp3) is 0.500. The molecule has 4 nitrogen and oxygen atoms in total.